The Morgan fingerprint density at radius 1 is 1.04 bits per heavy atom. The van der Waals surface area contributed by atoms with Crippen molar-refractivity contribution >= 4 is 22.3 Å². The molecule has 2 N–H and O–H groups in total. The van der Waals surface area contributed by atoms with Gasteiger partial charge in [0.25, 0.3) is 5.91 Å². The van der Waals surface area contributed by atoms with Crippen molar-refractivity contribution in [1.82, 2.24) is 19.1 Å². The number of rotatable bonds is 8. The number of nitrogens with zero attached hydrogens (tertiary/aromatic N) is 4. The molecule has 2 aliphatic carbocycles. The topological polar surface area (TPSA) is 87.0 Å². The molecule has 3 fully saturated rings. The van der Waals surface area contributed by atoms with Gasteiger partial charge in [0.05, 0.1) is 18.4 Å². The van der Waals surface area contributed by atoms with Gasteiger partial charge in [0.2, 0.25) is 0 Å². The molecule has 3 atom stereocenters. The van der Waals surface area contributed by atoms with Gasteiger partial charge < -0.3 is 24.7 Å². The number of fused-ring (bicyclic) bond motifs is 4. The first-order chi connectivity index (χ1) is 21.8. The second kappa shape index (κ2) is 10.6. The number of carbonyl (C=O) groups excluding carboxylic acids is 1. The highest BCUT2D eigenvalue weighted by molar-refractivity contribution is 5.96. The molecular weight excluding hydrogens is 576 g/mol. The van der Waals surface area contributed by atoms with Crippen LogP contribution in [0.4, 0.5) is 8.78 Å². The first-order valence-corrected chi connectivity index (χ1v) is 15.6. The fraction of sp³-hybridized carbons (Fsp3) is 0.371. The SMILES string of the molecule is COc1cc(C(=O)N2CC3CCC2[C@@H]3N)cn2nc(-c3cc4ccc(-c5ccc(OC(F)F)cc5)cc4n3CC3CC3)c(C)c12. The summed E-state index contributed by atoms with van der Waals surface area (Å²) in [6.45, 7) is 0.763. The summed E-state index contributed by atoms with van der Waals surface area (Å²) in [5.74, 6) is 1.69. The minimum Gasteiger partial charge on any atom is -0.494 e. The predicted octanol–water partition coefficient (Wildman–Crippen LogP) is 6.51. The van der Waals surface area contributed by atoms with E-state index < -0.39 is 6.61 Å². The number of amides is 1. The molecule has 45 heavy (non-hydrogen) atoms. The number of hydrogen-bond acceptors (Lipinski definition) is 5. The third kappa shape index (κ3) is 4.74. The standard InChI is InChI=1S/C35H35F2N5O3/c1-19-32(39-42-18-25(15-30(44-2)33(19)42)34(43)41-17-24-9-12-27(41)31(24)38)29-14-23-6-5-22(13-28(23)40(29)16-20-3-4-20)21-7-10-26(11-8-21)45-35(36)37/h5-8,10-11,13-15,18,20,24,27,31,35H,3-4,9,12,16-17,38H2,1-2H3/t24?,27?,31-/m1/s1. The maximum Gasteiger partial charge on any atom is 0.387 e. The number of likely N-dealkylation sites (tertiary alicyclic amines) is 1. The zero-order valence-corrected chi connectivity index (χ0v) is 25.2. The van der Waals surface area contributed by atoms with E-state index in [0.717, 1.165) is 63.9 Å². The highest BCUT2D eigenvalue weighted by atomic mass is 19.3. The van der Waals surface area contributed by atoms with Crippen LogP contribution in [-0.4, -0.2) is 57.3 Å². The molecule has 2 saturated carbocycles. The highest BCUT2D eigenvalue weighted by Gasteiger charge is 2.47. The monoisotopic (exact) mass is 611 g/mol. The minimum atomic E-state index is -2.86. The van der Waals surface area contributed by atoms with Crippen molar-refractivity contribution in [2.45, 2.75) is 57.8 Å². The van der Waals surface area contributed by atoms with Crippen LogP contribution in [0.3, 0.4) is 0 Å². The van der Waals surface area contributed by atoms with Crippen LogP contribution in [-0.2, 0) is 6.54 Å². The van der Waals surface area contributed by atoms with E-state index in [1.165, 1.54) is 12.8 Å². The van der Waals surface area contributed by atoms with Crippen molar-refractivity contribution in [3.63, 3.8) is 0 Å². The molecule has 2 bridgehead atoms. The van der Waals surface area contributed by atoms with E-state index in [-0.39, 0.29) is 23.7 Å². The van der Waals surface area contributed by atoms with Crippen LogP contribution in [0.25, 0.3) is 38.9 Å². The summed E-state index contributed by atoms with van der Waals surface area (Å²) in [4.78, 5) is 15.6. The molecule has 5 aromatic rings. The predicted molar refractivity (Wildman–Crippen MR) is 168 cm³/mol. The smallest absolute Gasteiger partial charge is 0.387 e. The fourth-order valence-electron chi connectivity index (χ4n) is 7.46. The lowest BCUT2D eigenvalue weighted by atomic mass is 10.0. The van der Waals surface area contributed by atoms with Crippen molar-refractivity contribution in [3.05, 3.63) is 71.9 Å². The van der Waals surface area contributed by atoms with Crippen LogP contribution in [0.15, 0.2) is 60.8 Å². The van der Waals surface area contributed by atoms with E-state index in [0.29, 0.717) is 29.7 Å². The van der Waals surface area contributed by atoms with Gasteiger partial charge in [0.1, 0.15) is 22.7 Å². The Bertz CT molecular complexity index is 1940. The molecule has 3 aromatic heterocycles. The highest BCUT2D eigenvalue weighted by Crippen LogP contribution is 2.41. The number of hydrogen-bond donors (Lipinski definition) is 1. The first kappa shape index (κ1) is 28.1. The van der Waals surface area contributed by atoms with Crippen molar-refractivity contribution in [1.29, 1.82) is 0 Å². The number of carbonyl (C=O) groups is 1. The largest absolute Gasteiger partial charge is 0.494 e. The number of aromatic nitrogens is 3. The molecular formula is C35H35F2N5O3. The van der Waals surface area contributed by atoms with E-state index in [1.54, 1.807) is 35.9 Å². The van der Waals surface area contributed by atoms with Crippen LogP contribution < -0.4 is 15.2 Å². The van der Waals surface area contributed by atoms with E-state index in [1.807, 2.05) is 30.2 Å². The van der Waals surface area contributed by atoms with Crippen LogP contribution in [0, 0.1) is 18.8 Å². The molecule has 3 aliphatic rings. The van der Waals surface area contributed by atoms with E-state index >= 15 is 0 Å². The summed E-state index contributed by atoms with van der Waals surface area (Å²) in [5.41, 5.74) is 13.6. The molecule has 10 heteroatoms. The number of methoxy groups -OCH3 is 1. The average molecular weight is 612 g/mol. The zero-order chi connectivity index (χ0) is 31.0. The van der Waals surface area contributed by atoms with Crippen molar-refractivity contribution < 1.29 is 23.0 Å². The summed E-state index contributed by atoms with van der Waals surface area (Å²) in [5, 5.41) is 6.16. The number of pyridine rings is 1. The van der Waals surface area contributed by atoms with Gasteiger partial charge in [-0.2, -0.15) is 13.9 Å². The summed E-state index contributed by atoms with van der Waals surface area (Å²) in [6, 6.07) is 17.2. The van der Waals surface area contributed by atoms with E-state index in [4.69, 9.17) is 15.6 Å². The van der Waals surface area contributed by atoms with Gasteiger partial charge in [-0.3, -0.25) is 4.79 Å². The number of nitrogens with two attached hydrogens (primary N) is 1. The number of benzene rings is 2. The molecule has 0 radical (unpaired) electrons. The second-order valence-corrected chi connectivity index (χ2v) is 12.8. The third-order valence-electron chi connectivity index (χ3n) is 10.0. The maximum absolute atomic E-state index is 13.7. The van der Waals surface area contributed by atoms with Crippen LogP contribution in [0.5, 0.6) is 11.5 Å². The van der Waals surface area contributed by atoms with E-state index in [9.17, 15) is 13.6 Å². The number of halogens is 2. The molecule has 1 saturated heterocycles. The van der Waals surface area contributed by atoms with Gasteiger partial charge >= 0.3 is 6.61 Å². The Balaban J connectivity index is 1.20. The average Bonchev–Trinajstić information content (AvgIpc) is 3.44. The Kier molecular flexibility index (Phi) is 6.60. The Labute approximate surface area is 259 Å². The Morgan fingerprint density at radius 3 is 2.49 bits per heavy atom. The van der Waals surface area contributed by atoms with Crippen LogP contribution in [0.1, 0.15) is 41.6 Å². The molecule has 8 nitrogen and oxygen atoms in total. The normalized spacial score (nSPS) is 21.0. The summed E-state index contributed by atoms with van der Waals surface area (Å²) in [7, 11) is 1.63. The van der Waals surface area contributed by atoms with Crippen LogP contribution >= 0.6 is 0 Å². The summed E-state index contributed by atoms with van der Waals surface area (Å²) < 4.78 is 39.8. The van der Waals surface area contributed by atoms with Gasteiger partial charge in [0, 0.05) is 47.8 Å². The van der Waals surface area contributed by atoms with E-state index in [2.05, 4.69) is 27.5 Å². The fourth-order valence-corrected chi connectivity index (χ4v) is 7.46. The zero-order valence-electron chi connectivity index (χ0n) is 25.2. The molecule has 1 amide bonds. The number of ether oxygens (including phenoxy) is 2. The lowest BCUT2D eigenvalue weighted by Crippen LogP contribution is -2.41. The third-order valence-corrected chi connectivity index (χ3v) is 10.0. The van der Waals surface area contributed by atoms with Crippen LogP contribution in [0.2, 0.25) is 0 Å². The number of aryl methyl sites for hydroxylation is 1. The number of alkyl halides is 2. The Morgan fingerprint density at radius 2 is 1.82 bits per heavy atom. The molecule has 8 rings (SSSR count). The lowest BCUT2D eigenvalue weighted by Gasteiger charge is -2.27. The van der Waals surface area contributed by atoms with Crippen molar-refractivity contribution in [3.8, 4) is 34.0 Å². The first-order valence-electron chi connectivity index (χ1n) is 15.6. The summed E-state index contributed by atoms with van der Waals surface area (Å²) in [6.07, 6.45) is 6.24. The second-order valence-electron chi connectivity index (χ2n) is 12.8. The maximum atomic E-state index is 13.7. The Hall–Kier alpha value is -4.44. The molecule has 4 heterocycles. The quantitative estimate of drug-likeness (QED) is 0.216. The van der Waals surface area contributed by atoms with Crippen molar-refractivity contribution in [2.24, 2.45) is 17.6 Å². The lowest BCUT2D eigenvalue weighted by molar-refractivity contribution is -0.0498. The van der Waals surface area contributed by atoms with Gasteiger partial charge in [-0.1, -0.05) is 24.3 Å². The molecule has 0 spiro atoms. The summed E-state index contributed by atoms with van der Waals surface area (Å²) >= 11 is 0. The van der Waals surface area contributed by atoms with Gasteiger partial charge in [-0.25, -0.2) is 4.52 Å². The number of piperidine rings is 1. The van der Waals surface area contributed by atoms with Gasteiger partial charge in [-0.05, 0) is 85.9 Å². The van der Waals surface area contributed by atoms with Gasteiger partial charge in [0.15, 0.2) is 0 Å². The minimum absolute atomic E-state index is 0.0308. The molecule has 2 unspecified atom stereocenters. The molecule has 2 aromatic carbocycles. The van der Waals surface area contributed by atoms with Crippen molar-refractivity contribution in [2.75, 3.05) is 13.7 Å². The molecule has 232 valence electrons. The molecule has 1 aliphatic heterocycles. The van der Waals surface area contributed by atoms with Gasteiger partial charge in [-0.15, -0.1) is 0 Å².